The van der Waals surface area contributed by atoms with Crippen LogP contribution in [-0.2, 0) is 0 Å². The van der Waals surface area contributed by atoms with E-state index in [0.29, 0.717) is 0 Å². The first kappa shape index (κ1) is 10.1. The summed E-state index contributed by atoms with van der Waals surface area (Å²) in [6, 6.07) is 10.7. The monoisotopic (exact) mass is 177 g/mol. The molecule has 0 aliphatic rings. The van der Waals surface area contributed by atoms with E-state index in [9.17, 15) is 0 Å². The average Bonchev–Trinajstić information content (AvgIpc) is 2.19. The normalized spacial score (nSPS) is 10.0. The van der Waals surface area contributed by atoms with Crippen molar-refractivity contribution >= 4 is 5.69 Å². The number of para-hydroxylation sites is 1. The van der Waals surface area contributed by atoms with Crippen LogP contribution in [-0.4, -0.2) is 13.1 Å². The zero-order valence-corrected chi connectivity index (χ0v) is 8.66. The van der Waals surface area contributed by atoms with Crippen LogP contribution in [0, 0.1) is 0 Å². The Morgan fingerprint density at radius 1 is 0.923 bits per heavy atom. The molecule has 0 unspecified atom stereocenters. The molecule has 0 radical (unpaired) electrons. The molecule has 0 N–H and O–H groups in total. The van der Waals surface area contributed by atoms with Crippen LogP contribution in [0.15, 0.2) is 30.3 Å². The van der Waals surface area contributed by atoms with E-state index in [0.717, 1.165) is 13.1 Å². The van der Waals surface area contributed by atoms with Gasteiger partial charge in [-0.3, -0.25) is 0 Å². The van der Waals surface area contributed by atoms with E-state index >= 15 is 0 Å². The molecular weight excluding hydrogens is 158 g/mol. The largest absolute Gasteiger partial charge is 0.372 e. The van der Waals surface area contributed by atoms with Crippen LogP contribution in [0.1, 0.15) is 26.7 Å². The van der Waals surface area contributed by atoms with Crippen molar-refractivity contribution in [2.45, 2.75) is 26.7 Å². The third-order valence-electron chi connectivity index (χ3n) is 2.11. The van der Waals surface area contributed by atoms with Gasteiger partial charge in [-0.05, 0) is 25.0 Å². The Kier molecular flexibility index (Phi) is 4.37. The molecule has 0 fully saturated rings. The fourth-order valence-electron chi connectivity index (χ4n) is 1.55. The van der Waals surface area contributed by atoms with Gasteiger partial charge in [-0.1, -0.05) is 32.0 Å². The van der Waals surface area contributed by atoms with Crippen LogP contribution in [0.3, 0.4) is 0 Å². The van der Waals surface area contributed by atoms with Crippen molar-refractivity contribution in [3.8, 4) is 0 Å². The second kappa shape index (κ2) is 5.63. The molecule has 72 valence electrons. The van der Waals surface area contributed by atoms with Crippen molar-refractivity contribution < 1.29 is 0 Å². The van der Waals surface area contributed by atoms with Gasteiger partial charge in [0.05, 0.1) is 0 Å². The van der Waals surface area contributed by atoms with E-state index in [1.807, 2.05) is 0 Å². The molecule has 1 aromatic rings. The van der Waals surface area contributed by atoms with E-state index in [1.54, 1.807) is 0 Å². The van der Waals surface area contributed by atoms with Crippen LogP contribution in [0.2, 0.25) is 0 Å². The van der Waals surface area contributed by atoms with E-state index in [-0.39, 0.29) is 0 Å². The Balaban J connectivity index is 2.64. The second-order valence-electron chi connectivity index (χ2n) is 3.32. The molecule has 13 heavy (non-hydrogen) atoms. The lowest BCUT2D eigenvalue weighted by molar-refractivity contribution is 0.745. The van der Waals surface area contributed by atoms with Crippen molar-refractivity contribution in [1.82, 2.24) is 0 Å². The van der Waals surface area contributed by atoms with Gasteiger partial charge in [-0.2, -0.15) is 0 Å². The molecule has 0 aliphatic heterocycles. The van der Waals surface area contributed by atoms with Gasteiger partial charge >= 0.3 is 0 Å². The molecule has 0 spiro atoms. The number of anilines is 1. The molecule has 0 bridgehead atoms. The predicted molar refractivity (Wildman–Crippen MR) is 59.2 cm³/mol. The fraction of sp³-hybridized carbons (Fsp3) is 0.500. The number of nitrogens with zero attached hydrogens (tertiary/aromatic N) is 1. The van der Waals surface area contributed by atoms with Gasteiger partial charge in [0.25, 0.3) is 0 Å². The van der Waals surface area contributed by atoms with Crippen molar-refractivity contribution in [3.05, 3.63) is 30.3 Å². The van der Waals surface area contributed by atoms with Crippen molar-refractivity contribution in [2.75, 3.05) is 18.0 Å². The molecule has 0 saturated carbocycles. The molecule has 0 saturated heterocycles. The zero-order chi connectivity index (χ0) is 9.52. The summed E-state index contributed by atoms with van der Waals surface area (Å²) in [5.74, 6) is 0. The van der Waals surface area contributed by atoms with Crippen LogP contribution in [0.5, 0.6) is 0 Å². The molecule has 0 aromatic heterocycles. The molecule has 1 rings (SSSR count). The smallest absolute Gasteiger partial charge is 0.0366 e. The quantitative estimate of drug-likeness (QED) is 0.667. The summed E-state index contributed by atoms with van der Waals surface area (Å²) < 4.78 is 0. The predicted octanol–water partition coefficient (Wildman–Crippen LogP) is 3.31. The fourth-order valence-corrected chi connectivity index (χ4v) is 1.55. The van der Waals surface area contributed by atoms with E-state index in [2.05, 4.69) is 49.1 Å². The highest BCUT2D eigenvalue weighted by atomic mass is 15.1. The Hall–Kier alpha value is -0.980. The Morgan fingerprint density at radius 3 is 1.92 bits per heavy atom. The molecule has 0 heterocycles. The lowest BCUT2D eigenvalue weighted by Crippen LogP contribution is -2.24. The summed E-state index contributed by atoms with van der Waals surface area (Å²) in [5, 5.41) is 0. The minimum Gasteiger partial charge on any atom is -0.372 e. The minimum atomic E-state index is 1.16. The Bertz CT molecular complexity index is 212. The van der Waals surface area contributed by atoms with Crippen LogP contribution >= 0.6 is 0 Å². The van der Waals surface area contributed by atoms with Gasteiger partial charge in [-0.15, -0.1) is 0 Å². The maximum Gasteiger partial charge on any atom is 0.0366 e. The first-order chi connectivity index (χ1) is 6.38. The number of hydrogen-bond donors (Lipinski definition) is 0. The van der Waals surface area contributed by atoms with Gasteiger partial charge in [0.2, 0.25) is 0 Å². The Labute approximate surface area is 81.4 Å². The van der Waals surface area contributed by atoms with Gasteiger partial charge < -0.3 is 4.90 Å². The highest BCUT2D eigenvalue weighted by Gasteiger charge is 2.01. The SMILES string of the molecule is CCCN(CCC)c1ccccc1. The van der Waals surface area contributed by atoms with Crippen molar-refractivity contribution in [3.63, 3.8) is 0 Å². The first-order valence-electron chi connectivity index (χ1n) is 5.18. The maximum atomic E-state index is 2.44. The maximum absolute atomic E-state index is 2.44. The van der Waals surface area contributed by atoms with Gasteiger partial charge in [0.15, 0.2) is 0 Å². The summed E-state index contributed by atoms with van der Waals surface area (Å²) in [5.41, 5.74) is 1.35. The van der Waals surface area contributed by atoms with E-state index < -0.39 is 0 Å². The molecular formula is C12H19N. The van der Waals surface area contributed by atoms with Gasteiger partial charge in [0, 0.05) is 18.8 Å². The van der Waals surface area contributed by atoms with Crippen LogP contribution < -0.4 is 4.90 Å². The topological polar surface area (TPSA) is 3.24 Å². The lowest BCUT2D eigenvalue weighted by atomic mass is 10.2. The number of benzene rings is 1. The summed E-state index contributed by atoms with van der Waals surface area (Å²) in [6.45, 7) is 6.78. The minimum absolute atomic E-state index is 1.16. The molecule has 1 nitrogen and oxygen atoms in total. The van der Waals surface area contributed by atoms with Crippen molar-refractivity contribution in [2.24, 2.45) is 0 Å². The summed E-state index contributed by atoms with van der Waals surface area (Å²) >= 11 is 0. The molecule has 0 aliphatic carbocycles. The molecule has 0 atom stereocenters. The van der Waals surface area contributed by atoms with Gasteiger partial charge in [0.1, 0.15) is 0 Å². The highest BCUT2D eigenvalue weighted by molar-refractivity contribution is 5.45. The van der Waals surface area contributed by atoms with Crippen LogP contribution in [0.25, 0.3) is 0 Å². The second-order valence-corrected chi connectivity index (χ2v) is 3.32. The molecule has 1 aromatic carbocycles. The Morgan fingerprint density at radius 2 is 1.46 bits per heavy atom. The number of rotatable bonds is 5. The average molecular weight is 177 g/mol. The van der Waals surface area contributed by atoms with Crippen LogP contribution in [0.4, 0.5) is 5.69 Å². The molecule has 0 amide bonds. The number of hydrogen-bond acceptors (Lipinski definition) is 1. The summed E-state index contributed by atoms with van der Waals surface area (Å²) in [7, 11) is 0. The van der Waals surface area contributed by atoms with Crippen molar-refractivity contribution in [1.29, 1.82) is 0 Å². The third-order valence-corrected chi connectivity index (χ3v) is 2.11. The highest BCUT2D eigenvalue weighted by Crippen LogP contribution is 2.13. The summed E-state index contributed by atoms with van der Waals surface area (Å²) in [6.07, 6.45) is 2.43. The first-order valence-corrected chi connectivity index (χ1v) is 5.18. The zero-order valence-electron chi connectivity index (χ0n) is 8.66. The van der Waals surface area contributed by atoms with E-state index in [4.69, 9.17) is 0 Å². The third kappa shape index (κ3) is 3.10. The van der Waals surface area contributed by atoms with E-state index in [1.165, 1.54) is 18.5 Å². The lowest BCUT2D eigenvalue weighted by Gasteiger charge is -2.23. The van der Waals surface area contributed by atoms with Gasteiger partial charge in [-0.25, -0.2) is 0 Å². The molecule has 1 heteroatoms. The summed E-state index contributed by atoms with van der Waals surface area (Å²) in [4.78, 5) is 2.44. The standard InChI is InChI=1S/C12H19N/c1-3-10-13(11-4-2)12-8-6-5-7-9-12/h5-9H,3-4,10-11H2,1-2H3.